The maximum Gasteiger partial charge on any atom is 0.224 e. The molecule has 0 atom stereocenters. The zero-order valence-corrected chi connectivity index (χ0v) is 18.5. The molecule has 0 amide bonds. The highest BCUT2D eigenvalue weighted by molar-refractivity contribution is 14.0. The van der Waals surface area contributed by atoms with Gasteiger partial charge in [0.15, 0.2) is 5.96 Å². The molecule has 0 aliphatic carbocycles. The summed E-state index contributed by atoms with van der Waals surface area (Å²) in [6.07, 6.45) is 2.55. The highest BCUT2D eigenvalue weighted by Crippen LogP contribution is 2.23. The minimum atomic E-state index is -0.351. The van der Waals surface area contributed by atoms with Crippen LogP contribution in [0.25, 0.3) is 0 Å². The van der Waals surface area contributed by atoms with E-state index in [1.165, 1.54) is 17.7 Å². The van der Waals surface area contributed by atoms with Gasteiger partial charge in [0.1, 0.15) is 11.6 Å². The van der Waals surface area contributed by atoms with Crippen LogP contribution in [-0.4, -0.2) is 24.5 Å². The first-order chi connectivity index (χ1) is 13.7. The van der Waals surface area contributed by atoms with Gasteiger partial charge < -0.3 is 15.4 Å². The second kappa shape index (κ2) is 12.0. The lowest BCUT2D eigenvalue weighted by Crippen LogP contribution is -2.37. The molecule has 2 N–H and O–H groups in total. The largest absolute Gasteiger partial charge is 0.439 e. The maximum absolute atomic E-state index is 13.4. The Bertz CT molecular complexity index is 921. The zero-order chi connectivity index (χ0) is 19.6. The third-order valence-electron chi connectivity index (χ3n) is 4.08. The summed E-state index contributed by atoms with van der Waals surface area (Å²) >= 11 is 0. The molecule has 0 radical (unpaired) electrons. The molecule has 0 saturated carbocycles. The summed E-state index contributed by atoms with van der Waals surface area (Å²) in [5, 5.41) is 6.55. The van der Waals surface area contributed by atoms with E-state index in [2.05, 4.69) is 32.7 Å². The average Bonchev–Trinajstić information content (AvgIpc) is 2.72. The fourth-order valence-corrected chi connectivity index (χ4v) is 2.66. The number of nitrogens with one attached hydrogen (secondary N) is 2. The molecule has 2 aromatic carbocycles. The van der Waals surface area contributed by atoms with Gasteiger partial charge in [0.05, 0.1) is 0 Å². The summed E-state index contributed by atoms with van der Waals surface area (Å²) in [5.74, 6) is 1.18. The van der Waals surface area contributed by atoms with Crippen LogP contribution in [0.1, 0.15) is 11.1 Å². The van der Waals surface area contributed by atoms with Crippen molar-refractivity contribution in [2.24, 2.45) is 4.99 Å². The molecule has 29 heavy (non-hydrogen) atoms. The van der Waals surface area contributed by atoms with Crippen LogP contribution in [0.3, 0.4) is 0 Å². The van der Waals surface area contributed by atoms with Gasteiger partial charge in [-0.2, -0.15) is 0 Å². The van der Waals surface area contributed by atoms with Crippen molar-refractivity contribution in [2.75, 3.05) is 13.6 Å². The van der Waals surface area contributed by atoms with E-state index in [4.69, 9.17) is 4.74 Å². The molecular formula is C22H24FIN4O. The summed E-state index contributed by atoms with van der Waals surface area (Å²) in [6.45, 7) is 1.24. The predicted molar refractivity (Wildman–Crippen MR) is 124 cm³/mol. The molecule has 1 aromatic heterocycles. The lowest BCUT2D eigenvalue weighted by molar-refractivity contribution is 0.450. The molecule has 3 aromatic rings. The van der Waals surface area contributed by atoms with Gasteiger partial charge in [0, 0.05) is 38.0 Å². The number of benzene rings is 2. The lowest BCUT2D eigenvalue weighted by atomic mass is 10.1. The fraction of sp³-hybridized carbons (Fsp3) is 0.182. The molecule has 0 fully saturated rings. The quantitative estimate of drug-likeness (QED) is 0.281. The highest BCUT2D eigenvalue weighted by Gasteiger charge is 2.08. The number of hydrogen-bond acceptors (Lipinski definition) is 3. The number of rotatable bonds is 7. The number of halogens is 2. The van der Waals surface area contributed by atoms with E-state index in [9.17, 15) is 4.39 Å². The van der Waals surface area contributed by atoms with Crippen molar-refractivity contribution in [2.45, 2.75) is 13.0 Å². The van der Waals surface area contributed by atoms with Crippen molar-refractivity contribution >= 4 is 29.9 Å². The number of nitrogens with zero attached hydrogens (tertiary/aromatic N) is 2. The first-order valence-electron chi connectivity index (χ1n) is 9.10. The monoisotopic (exact) mass is 506 g/mol. The van der Waals surface area contributed by atoms with Crippen LogP contribution in [0, 0.1) is 5.82 Å². The highest BCUT2D eigenvalue weighted by atomic mass is 127. The van der Waals surface area contributed by atoms with Crippen LogP contribution in [0.15, 0.2) is 77.9 Å². The first-order valence-corrected chi connectivity index (χ1v) is 9.10. The summed E-state index contributed by atoms with van der Waals surface area (Å²) in [6, 6.07) is 20.0. The molecule has 0 spiro atoms. The number of guanidine groups is 1. The Kier molecular flexibility index (Phi) is 9.36. The van der Waals surface area contributed by atoms with E-state index in [0.29, 0.717) is 24.1 Å². The number of pyridine rings is 1. The lowest BCUT2D eigenvalue weighted by Gasteiger charge is -2.14. The van der Waals surface area contributed by atoms with Crippen LogP contribution in [0.2, 0.25) is 0 Å². The molecule has 0 aliphatic heterocycles. The van der Waals surface area contributed by atoms with E-state index in [1.807, 2.05) is 30.3 Å². The van der Waals surface area contributed by atoms with Gasteiger partial charge in [-0.25, -0.2) is 9.37 Å². The Morgan fingerprint density at radius 2 is 1.86 bits per heavy atom. The normalized spacial score (nSPS) is 10.8. The van der Waals surface area contributed by atoms with E-state index in [0.717, 1.165) is 18.5 Å². The van der Waals surface area contributed by atoms with E-state index < -0.39 is 0 Å². The zero-order valence-electron chi connectivity index (χ0n) is 16.1. The van der Waals surface area contributed by atoms with Gasteiger partial charge >= 0.3 is 0 Å². The van der Waals surface area contributed by atoms with Crippen LogP contribution >= 0.6 is 24.0 Å². The SMILES string of the molecule is CN=C(NCCc1ccccc1)NCc1cccnc1Oc1cccc(F)c1.I. The second-order valence-electron chi connectivity index (χ2n) is 6.12. The van der Waals surface area contributed by atoms with Gasteiger partial charge in [0.25, 0.3) is 0 Å². The Morgan fingerprint density at radius 3 is 2.62 bits per heavy atom. The predicted octanol–water partition coefficient (Wildman–Crippen LogP) is 4.54. The summed E-state index contributed by atoms with van der Waals surface area (Å²) in [5.41, 5.74) is 2.11. The number of aromatic nitrogens is 1. The second-order valence-corrected chi connectivity index (χ2v) is 6.12. The summed E-state index contributed by atoms with van der Waals surface area (Å²) < 4.78 is 19.1. The molecule has 0 aliphatic rings. The summed E-state index contributed by atoms with van der Waals surface area (Å²) in [4.78, 5) is 8.51. The van der Waals surface area contributed by atoms with Crippen LogP contribution in [0.4, 0.5) is 4.39 Å². The van der Waals surface area contributed by atoms with Gasteiger partial charge in [-0.1, -0.05) is 42.5 Å². The number of hydrogen-bond donors (Lipinski definition) is 2. The molecule has 5 nitrogen and oxygen atoms in total. The Hall–Kier alpha value is -2.68. The Balaban J connectivity index is 0.00000300. The van der Waals surface area contributed by atoms with Crippen molar-refractivity contribution in [1.29, 1.82) is 0 Å². The van der Waals surface area contributed by atoms with E-state index >= 15 is 0 Å². The Labute approximate surface area is 187 Å². The minimum absolute atomic E-state index is 0. The molecule has 0 unspecified atom stereocenters. The van der Waals surface area contributed by atoms with Gasteiger partial charge in [0.2, 0.25) is 5.88 Å². The number of ether oxygens (including phenoxy) is 1. The van der Waals surface area contributed by atoms with Crippen LogP contribution in [-0.2, 0) is 13.0 Å². The van der Waals surface area contributed by atoms with E-state index in [1.54, 1.807) is 25.4 Å². The van der Waals surface area contributed by atoms with Crippen molar-refractivity contribution < 1.29 is 9.13 Å². The topological polar surface area (TPSA) is 58.5 Å². The molecule has 1 heterocycles. The number of aliphatic imine (C=N–C) groups is 1. The molecule has 3 rings (SSSR count). The standard InChI is InChI=1S/C22H23FN4O.HI/c1-24-22(26-14-12-17-7-3-2-4-8-17)27-16-18-9-6-13-25-21(18)28-20-11-5-10-19(23)15-20;/h2-11,13,15H,12,14,16H2,1H3,(H2,24,26,27);1H. The van der Waals surface area contributed by atoms with Gasteiger partial charge in [-0.15, -0.1) is 24.0 Å². The minimum Gasteiger partial charge on any atom is -0.439 e. The molecular weight excluding hydrogens is 482 g/mol. The average molecular weight is 506 g/mol. The molecule has 0 bridgehead atoms. The van der Waals surface area contributed by atoms with Crippen LogP contribution < -0.4 is 15.4 Å². The first kappa shape index (κ1) is 22.6. The fourth-order valence-electron chi connectivity index (χ4n) is 2.66. The molecule has 7 heteroatoms. The van der Waals surface area contributed by atoms with Crippen molar-refractivity contribution in [1.82, 2.24) is 15.6 Å². The van der Waals surface area contributed by atoms with Crippen molar-refractivity contribution in [3.63, 3.8) is 0 Å². The van der Waals surface area contributed by atoms with Gasteiger partial charge in [-0.3, -0.25) is 4.99 Å². The van der Waals surface area contributed by atoms with Crippen molar-refractivity contribution in [3.05, 3.63) is 89.9 Å². The molecule has 152 valence electrons. The van der Waals surface area contributed by atoms with Crippen molar-refractivity contribution in [3.8, 4) is 11.6 Å². The smallest absolute Gasteiger partial charge is 0.224 e. The maximum atomic E-state index is 13.4. The third kappa shape index (κ3) is 7.34. The third-order valence-corrected chi connectivity index (χ3v) is 4.08. The molecule has 0 saturated heterocycles. The Morgan fingerprint density at radius 1 is 1.03 bits per heavy atom. The van der Waals surface area contributed by atoms with Crippen LogP contribution in [0.5, 0.6) is 11.6 Å². The van der Waals surface area contributed by atoms with Gasteiger partial charge in [-0.05, 0) is 30.2 Å². The summed E-state index contributed by atoms with van der Waals surface area (Å²) in [7, 11) is 1.73. The van der Waals surface area contributed by atoms with E-state index in [-0.39, 0.29) is 29.8 Å².